The summed E-state index contributed by atoms with van der Waals surface area (Å²) in [6.07, 6.45) is 2.72. The summed E-state index contributed by atoms with van der Waals surface area (Å²) in [6, 6.07) is 19.4. The van der Waals surface area contributed by atoms with Crippen molar-refractivity contribution in [2.45, 2.75) is 19.6 Å². The summed E-state index contributed by atoms with van der Waals surface area (Å²) in [5.41, 5.74) is 1.49. The Labute approximate surface area is 203 Å². The van der Waals surface area contributed by atoms with E-state index in [1.807, 2.05) is 65.6 Å². The van der Waals surface area contributed by atoms with E-state index < -0.39 is 41.2 Å². The van der Waals surface area contributed by atoms with Crippen LogP contribution in [0.3, 0.4) is 0 Å². The lowest BCUT2D eigenvalue weighted by Crippen LogP contribution is -2.33. The van der Waals surface area contributed by atoms with E-state index >= 15 is 0 Å². The minimum Gasteiger partial charge on any atom is -0.340 e. The van der Waals surface area contributed by atoms with Crippen LogP contribution in [0, 0.1) is 29.1 Å². The number of nitrogens with zero attached hydrogens (tertiary/aromatic N) is 3. The highest BCUT2D eigenvalue weighted by Crippen LogP contribution is 2.24. The van der Waals surface area contributed by atoms with Gasteiger partial charge in [-0.1, -0.05) is 60.7 Å². The molecule has 0 aliphatic carbocycles. The summed E-state index contributed by atoms with van der Waals surface area (Å²) in [7, 11) is 0. The van der Waals surface area contributed by atoms with E-state index in [1.165, 1.54) is 12.4 Å². The molecule has 3 aromatic carbocycles. The first-order valence-electron chi connectivity index (χ1n) is 10.5. The zero-order valence-corrected chi connectivity index (χ0v) is 19.0. The van der Waals surface area contributed by atoms with Crippen LogP contribution in [0.25, 0.3) is 0 Å². The molecule has 0 atom stereocenters. The summed E-state index contributed by atoms with van der Waals surface area (Å²) in [5.74, 6) is -9.97. The summed E-state index contributed by atoms with van der Waals surface area (Å²) < 4.78 is 69.4. The molecule has 35 heavy (non-hydrogen) atoms. The molecule has 0 bridgehead atoms. The molecule has 0 amide bonds. The molecular weight excluding hydrogens is 483 g/mol. The third kappa shape index (κ3) is 5.65. The Kier molecular flexibility index (Phi) is 7.40. The normalized spacial score (nSPS) is 10.9. The Balaban J connectivity index is 1.51. The van der Waals surface area contributed by atoms with Crippen LogP contribution in [0.2, 0.25) is 0 Å². The summed E-state index contributed by atoms with van der Waals surface area (Å²) >= 11 is 5.60. The highest BCUT2D eigenvalue weighted by Gasteiger charge is 2.26. The van der Waals surface area contributed by atoms with Gasteiger partial charge >= 0.3 is 0 Å². The highest BCUT2D eigenvalue weighted by molar-refractivity contribution is 7.80. The van der Waals surface area contributed by atoms with Crippen molar-refractivity contribution in [3.8, 4) is 0 Å². The lowest BCUT2D eigenvalue weighted by Gasteiger charge is -2.26. The number of anilines is 1. The molecule has 0 fully saturated rings. The molecule has 180 valence electrons. The number of rotatable bonds is 7. The maximum atomic E-state index is 14.0. The van der Waals surface area contributed by atoms with E-state index in [2.05, 4.69) is 10.4 Å². The summed E-state index contributed by atoms with van der Waals surface area (Å²) in [6.45, 7) is 0.374. The van der Waals surface area contributed by atoms with Gasteiger partial charge in [0, 0.05) is 19.3 Å². The van der Waals surface area contributed by atoms with Gasteiger partial charge < -0.3 is 10.2 Å². The van der Waals surface area contributed by atoms with Gasteiger partial charge in [-0.05, 0) is 23.3 Å². The first-order valence-corrected chi connectivity index (χ1v) is 10.9. The summed E-state index contributed by atoms with van der Waals surface area (Å²) in [4.78, 5) is 1.93. The Morgan fingerprint density at radius 2 is 1.26 bits per heavy atom. The van der Waals surface area contributed by atoms with Gasteiger partial charge in [0.25, 0.3) is 0 Å². The largest absolute Gasteiger partial charge is 0.340 e. The molecule has 0 unspecified atom stereocenters. The molecule has 1 aromatic heterocycles. The first-order chi connectivity index (χ1) is 16.8. The van der Waals surface area contributed by atoms with Crippen molar-refractivity contribution in [2.24, 2.45) is 0 Å². The van der Waals surface area contributed by atoms with Gasteiger partial charge in [0.1, 0.15) is 0 Å². The molecule has 0 aliphatic rings. The number of nitrogens with one attached hydrogen (secondary N) is 1. The SMILES string of the molecule is Fc1c(F)c(F)c(Cn2cc(NC(=S)N(Cc3ccccc3)Cc3ccccc3)cn2)c(F)c1F. The van der Waals surface area contributed by atoms with E-state index in [0.29, 0.717) is 23.9 Å². The van der Waals surface area contributed by atoms with Gasteiger partial charge in [0.15, 0.2) is 28.4 Å². The van der Waals surface area contributed by atoms with Crippen LogP contribution in [0.4, 0.5) is 27.6 Å². The van der Waals surface area contributed by atoms with Crippen molar-refractivity contribution in [3.63, 3.8) is 0 Å². The van der Waals surface area contributed by atoms with Gasteiger partial charge in [0.2, 0.25) is 5.82 Å². The smallest absolute Gasteiger partial charge is 0.200 e. The fourth-order valence-electron chi connectivity index (χ4n) is 3.48. The van der Waals surface area contributed by atoms with Crippen molar-refractivity contribution in [2.75, 3.05) is 5.32 Å². The second-order valence-electron chi connectivity index (χ2n) is 7.73. The van der Waals surface area contributed by atoms with Crippen LogP contribution >= 0.6 is 12.2 Å². The Morgan fingerprint density at radius 1 is 0.771 bits per heavy atom. The third-order valence-corrected chi connectivity index (χ3v) is 5.59. The second kappa shape index (κ2) is 10.6. The molecular formula is C25H19F5N4S. The Morgan fingerprint density at radius 3 is 1.77 bits per heavy atom. The number of thiocarbonyl (C=S) groups is 1. The highest BCUT2D eigenvalue weighted by atomic mass is 32.1. The Hall–Kier alpha value is -3.79. The third-order valence-electron chi connectivity index (χ3n) is 5.23. The maximum absolute atomic E-state index is 14.0. The standard InChI is InChI=1S/C25H19F5N4S/c26-20-19(21(27)23(29)24(30)22(20)28)15-34-14-18(11-31-34)32-25(35)33(12-16-7-3-1-4-8-16)13-17-9-5-2-6-10-17/h1-11,14H,12-13,15H2,(H,32,35). The van der Waals surface area contributed by atoms with Crippen molar-refractivity contribution >= 4 is 23.0 Å². The average Bonchev–Trinajstić information content (AvgIpc) is 3.32. The van der Waals surface area contributed by atoms with E-state index in [1.54, 1.807) is 0 Å². The van der Waals surface area contributed by atoms with E-state index in [-0.39, 0.29) is 0 Å². The zero-order valence-electron chi connectivity index (χ0n) is 18.2. The lowest BCUT2D eigenvalue weighted by molar-refractivity contribution is 0.367. The van der Waals surface area contributed by atoms with Crippen LogP contribution in [0.5, 0.6) is 0 Å². The maximum Gasteiger partial charge on any atom is 0.200 e. The molecule has 0 saturated heterocycles. The van der Waals surface area contributed by atoms with Crippen molar-refractivity contribution < 1.29 is 22.0 Å². The summed E-state index contributed by atoms with van der Waals surface area (Å²) in [5, 5.41) is 7.36. The number of hydrogen-bond acceptors (Lipinski definition) is 2. The molecule has 1 heterocycles. The lowest BCUT2D eigenvalue weighted by atomic mass is 10.1. The van der Waals surface area contributed by atoms with Crippen LogP contribution in [0.15, 0.2) is 73.1 Å². The van der Waals surface area contributed by atoms with Gasteiger partial charge in [-0.2, -0.15) is 5.10 Å². The van der Waals surface area contributed by atoms with Crippen molar-refractivity contribution in [1.29, 1.82) is 0 Å². The molecule has 1 N–H and O–H groups in total. The molecule has 0 radical (unpaired) electrons. The van der Waals surface area contributed by atoms with E-state index in [4.69, 9.17) is 12.2 Å². The number of benzene rings is 3. The van der Waals surface area contributed by atoms with Crippen molar-refractivity contribution in [3.05, 3.63) is 119 Å². The average molecular weight is 503 g/mol. The van der Waals surface area contributed by atoms with Gasteiger partial charge in [-0.15, -0.1) is 0 Å². The molecule has 0 aliphatic heterocycles. The van der Waals surface area contributed by atoms with Gasteiger partial charge in [-0.25, -0.2) is 22.0 Å². The minimum atomic E-state index is -2.20. The molecule has 0 saturated carbocycles. The predicted molar refractivity (Wildman–Crippen MR) is 126 cm³/mol. The fourth-order valence-corrected chi connectivity index (χ4v) is 3.72. The Bertz CT molecular complexity index is 1260. The molecule has 0 spiro atoms. The topological polar surface area (TPSA) is 33.1 Å². The van der Waals surface area contributed by atoms with Gasteiger partial charge in [0.05, 0.1) is 24.0 Å². The molecule has 4 aromatic rings. The van der Waals surface area contributed by atoms with Crippen LogP contribution in [-0.2, 0) is 19.6 Å². The van der Waals surface area contributed by atoms with Crippen LogP contribution in [-0.4, -0.2) is 19.8 Å². The quantitative estimate of drug-likeness (QED) is 0.145. The number of halogens is 5. The first kappa shape index (κ1) is 24.3. The van der Waals surface area contributed by atoms with Crippen molar-refractivity contribution in [1.82, 2.24) is 14.7 Å². The molecule has 10 heteroatoms. The fraction of sp³-hybridized carbons (Fsp3) is 0.120. The second-order valence-corrected chi connectivity index (χ2v) is 8.12. The monoisotopic (exact) mass is 502 g/mol. The number of aromatic nitrogens is 2. The minimum absolute atomic E-state index is 0.369. The predicted octanol–water partition coefficient (Wildman–Crippen LogP) is 6.03. The number of hydrogen-bond donors (Lipinski definition) is 1. The molecule has 4 rings (SSSR count). The van der Waals surface area contributed by atoms with E-state index in [9.17, 15) is 22.0 Å². The zero-order chi connectivity index (χ0) is 24.9. The molecule has 4 nitrogen and oxygen atoms in total. The van der Waals surface area contributed by atoms with Crippen LogP contribution in [0.1, 0.15) is 16.7 Å². The van der Waals surface area contributed by atoms with Crippen LogP contribution < -0.4 is 5.32 Å². The van der Waals surface area contributed by atoms with E-state index in [0.717, 1.165) is 15.8 Å². The van der Waals surface area contributed by atoms with Gasteiger partial charge in [-0.3, -0.25) is 4.68 Å².